The maximum absolute atomic E-state index is 1.61. The molecule has 0 amide bonds. The molecule has 76 valence electrons. The second-order valence-electron chi connectivity index (χ2n) is 5.82. The highest BCUT2D eigenvalue weighted by Gasteiger charge is 2.15. The quantitative estimate of drug-likeness (QED) is 0.567. The first kappa shape index (κ1) is 9.61. The van der Waals surface area contributed by atoms with E-state index >= 15 is 0 Å². The molecule has 0 heterocycles. The average molecular weight is 179 g/mol. The summed E-state index contributed by atoms with van der Waals surface area (Å²) in [5.41, 5.74) is 0. The van der Waals surface area contributed by atoms with Crippen molar-refractivity contribution < 1.29 is 0 Å². The van der Waals surface area contributed by atoms with Crippen LogP contribution >= 0.6 is 0 Å². The van der Waals surface area contributed by atoms with Gasteiger partial charge in [-0.2, -0.15) is 11.6 Å². The molecule has 0 atom stereocenters. The summed E-state index contributed by atoms with van der Waals surface area (Å²) in [6, 6.07) is 0. The molecule has 2 rings (SSSR count). The highest BCUT2D eigenvalue weighted by atomic mass is 14.2. The summed E-state index contributed by atoms with van der Waals surface area (Å²) >= 11 is 0. The van der Waals surface area contributed by atoms with Gasteiger partial charge in [0, 0.05) is 0 Å². The van der Waals surface area contributed by atoms with Crippen molar-refractivity contribution in [1.29, 1.82) is 0 Å². The van der Waals surface area contributed by atoms with Gasteiger partial charge in [0.05, 0.1) is 0 Å². The SMILES string of the molecule is [BH2-](C1CCCCC1)C1CCCCC1. The minimum atomic E-state index is 0.446. The fourth-order valence-corrected chi connectivity index (χ4v) is 3.95. The zero-order chi connectivity index (χ0) is 8.93. The molecule has 0 aromatic heterocycles. The molecule has 0 nitrogen and oxygen atoms in total. The first-order valence-corrected chi connectivity index (χ1v) is 6.79. The van der Waals surface area contributed by atoms with Crippen molar-refractivity contribution in [2.45, 2.75) is 75.8 Å². The highest BCUT2D eigenvalue weighted by Crippen LogP contribution is 2.36. The van der Waals surface area contributed by atoms with Gasteiger partial charge in [-0.15, -0.1) is 0 Å². The van der Waals surface area contributed by atoms with E-state index in [0.29, 0.717) is 7.28 Å². The maximum atomic E-state index is 1.61. The molecule has 2 aliphatic carbocycles. The lowest BCUT2D eigenvalue weighted by molar-refractivity contribution is 0.470. The van der Waals surface area contributed by atoms with Crippen LogP contribution in [0.1, 0.15) is 64.2 Å². The smallest absolute Gasteiger partial charge is 0.0261 e. The Morgan fingerprint density at radius 1 is 0.538 bits per heavy atom. The van der Waals surface area contributed by atoms with Crippen LogP contribution in [0.25, 0.3) is 0 Å². The van der Waals surface area contributed by atoms with Crippen LogP contribution in [0.2, 0.25) is 11.6 Å². The van der Waals surface area contributed by atoms with Crippen LogP contribution < -0.4 is 0 Å². The molecule has 0 bridgehead atoms. The summed E-state index contributed by atoms with van der Waals surface area (Å²) in [5.74, 6) is 2.49. The molecule has 0 saturated heterocycles. The molecule has 0 aromatic carbocycles. The monoisotopic (exact) mass is 179 g/mol. The molecule has 13 heavy (non-hydrogen) atoms. The van der Waals surface area contributed by atoms with Crippen molar-refractivity contribution in [1.82, 2.24) is 0 Å². The summed E-state index contributed by atoms with van der Waals surface area (Å²) < 4.78 is 0. The zero-order valence-electron chi connectivity index (χ0n) is 9.23. The normalized spacial score (nSPS) is 27.7. The molecule has 2 saturated carbocycles. The maximum Gasteiger partial charge on any atom is -0.0261 e. The molecule has 0 spiro atoms. The van der Waals surface area contributed by atoms with Crippen LogP contribution in [0.5, 0.6) is 0 Å². The molecule has 0 aliphatic heterocycles. The van der Waals surface area contributed by atoms with Gasteiger partial charge in [-0.3, -0.25) is 0 Å². The largest absolute Gasteiger partial charge is 0.172 e. The van der Waals surface area contributed by atoms with Crippen molar-refractivity contribution in [3.8, 4) is 0 Å². The average Bonchev–Trinajstić information content (AvgIpc) is 2.21. The lowest BCUT2D eigenvalue weighted by Crippen LogP contribution is -2.16. The topological polar surface area (TPSA) is 0 Å². The Balaban J connectivity index is 1.69. The second kappa shape index (κ2) is 5.07. The van der Waals surface area contributed by atoms with Crippen LogP contribution in [0.3, 0.4) is 0 Å². The molecule has 2 aliphatic rings. The summed E-state index contributed by atoms with van der Waals surface area (Å²) in [6.07, 6.45) is 15.7. The van der Waals surface area contributed by atoms with Gasteiger partial charge >= 0.3 is 0 Å². The van der Waals surface area contributed by atoms with E-state index in [2.05, 4.69) is 0 Å². The van der Waals surface area contributed by atoms with E-state index in [1.54, 1.807) is 51.4 Å². The Bertz CT molecular complexity index is 116. The Morgan fingerprint density at radius 2 is 0.923 bits per heavy atom. The van der Waals surface area contributed by atoms with Gasteiger partial charge in [-0.25, -0.2) is 0 Å². The van der Waals surface area contributed by atoms with Crippen LogP contribution in [-0.4, -0.2) is 7.28 Å². The Hall–Kier alpha value is 0.0649. The molecule has 0 unspecified atom stereocenters. The summed E-state index contributed by atoms with van der Waals surface area (Å²) in [5, 5.41) is 0. The van der Waals surface area contributed by atoms with Crippen molar-refractivity contribution >= 4 is 7.28 Å². The molecule has 0 radical (unpaired) electrons. The van der Waals surface area contributed by atoms with Crippen molar-refractivity contribution in [3.63, 3.8) is 0 Å². The number of hydrogen-bond acceptors (Lipinski definition) is 0. The molecular weight excluding hydrogens is 155 g/mol. The molecule has 0 aromatic rings. The Kier molecular flexibility index (Phi) is 3.75. The van der Waals surface area contributed by atoms with Crippen molar-refractivity contribution in [2.75, 3.05) is 0 Å². The van der Waals surface area contributed by atoms with E-state index in [9.17, 15) is 0 Å². The predicted octanol–water partition coefficient (Wildman–Crippen LogP) is 3.66. The van der Waals surface area contributed by atoms with Crippen LogP contribution in [0, 0.1) is 0 Å². The van der Waals surface area contributed by atoms with E-state index in [0.717, 1.165) is 0 Å². The van der Waals surface area contributed by atoms with Gasteiger partial charge in [0.25, 0.3) is 0 Å². The van der Waals surface area contributed by atoms with E-state index < -0.39 is 0 Å². The van der Waals surface area contributed by atoms with E-state index in [1.165, 1.54) is 24.5 Å². The van der Waals surface area contributed by atoms with E-state index in [-0.39, 0.29) is 0 Å². The highest BCUT2D eigenvalue weighted by molar-refractivity contribution is 6.39. The molecule has 0 N–H and O–H groups in total. The lowest BCUT2D eigenvalue weighted by Gasteiger charge is -2.33. The van der Waals surface area contributed by atoms with Gasteiger partial charge in [-0.1, -0.05) is 64.2 Å². The third kappa shape index (κ3) is 3.04. The first-order valence-electron chi connectivity index (χ1n) is 6.79. The zero-order valence-corrected chi connectivity index (χ0v) is 9.23. The Morgan fingerprint density at radius 3 is 1.31 bits per heavy atom. The predicted molar refractivity (Wildman–Crippen MR) is 62.2 cm³/mol. The fourth-order valence-electron chi connectivity index (χ4n) is 3.95. The minimum absolute atomic E-state index is 0.446. The molecular formula is C12H24B-. The fraction of sp³-hybridized carbons (Fsp3) is 1.00. The van der Waals surface area contributed by atoms with Gasteiger partial charge in [-0.05, 0) is 7.28 Å². The van der Waals surface area contributed by atoms with Gasteiger partial charge < -0.3 is 0 Å². The third-order valence-corrected chi connectivity index (χ3v) is 4.73. The van der Waals surface area contributed by atoms with Crippen LogP contribution in [0.4, 0.5) is 0 Å². The van der Waals surface area contributed by atoms with Gasteiger partial charge in [0.1, 0.15) is 0 Å². The number of rotatable bonds is 2. The van der Waals surface area contributed by atoms with Crippen molar-refractivity contribution in [3.05, 3.63) is 0 Å². The van der Waals surface area contributed by atoms with E-state index in [1.807, 2.05) is 0 Å². The molecule has 2 fully saturated rings. The van der Waals surface area contributed by atoms with Crippen molar-refractivity contribution in [2.24, 2.45) is 0 Å². The van der Waals surface area contributed by atoms with Gasteiger partial charge in [0.2, 0.25) is 0 Å². The summed E-state index contributed by atoms with van der Waals surface area (Å²) in [7, 11) is 0.446. The lowest BCUT2D eigenvalue weighted by atomic mass is 9.48. The number of hydrogen-bond donors (Lipinski definition) is 0. The third-order valence-electron chi connectivity index (χ3n) is 4.73. The minimum Gasteiger partial charge on any atom is -0.172 e. The standard InChI is InChI=1S/C12H24B/c1-3-7-11(8-4-1)13-12-9-5-2-6-10-12/h11-12H,1-10,13H2/q-1. The molecule has 1 heteroatoms. The van der Waals surface area contributed by atoms with Crippen LogP contribution in [0.15, 0.2) is 0 Å². The van der Waals surface area contributed by atoms with Crippen LogP contribution in [-0.2, 0) is 0 Å². The summed E-state index contributed by atoms with van der Waals surface area (Å²) in [6.45, 7) is 0. The Labute approximate surface area is 83.7 Å². The first-order chi connectivity index (χ1) is 6.45. The van der Waals surface area contributed by atoms with Gasteiger partial charge in [0.15, 0.2) is 0 Å². The van der Waals surface area contributed by atoms with E-state index in [4.69, 9.17) is 0 Å². The second-order valence-corrected chi connectivity index (χ2v) is 5.82. The summed E-state index contributed by atoms with van der Waals surface area (Å²) in [4.78, 5) is 0.